The van der Waals surface area contributed by atoms with Crippen LogP contribution in [0.25, 0.3) is 0 Å². The Morgan fingerprint density at radius 2 is 1.50 bits per heavy atom. The van der Waals surface area contributed by atoms with Gasteiger partial charge in [0.25, 0.3) is 0 Å². The molecule has 2 aliphatic rings. The molecular formula is C18H32F2O2. The average molecular weight is 318 g/mol. The first kappa shape index (κ1) is 18.1. The first-order valence-electron chi connectivity index (χ1n) is 9.18. The van der Waals surface area contributed by atoms with Crippen molar-refractivity contribution in [2.75, 3.05) is 6.61 Å². The van der Waals surface area contributed by atoms with E-state index < -0.39 is 12.0 Å². The lowest BCUT2D eigenvalue weighted by atomic mass is 9.82. The number of hydrogen-bond acceptors (Lipinski definition) is 2. The summed E-state index contributed by atoms with van der Waals surface area (Å²) < 4.78 is 39.7. The zero-order valence-electron chi connectivity index (χ0n) is 14.2. The van der Waals surface area contributed by atoms with Crippen LogP contribution in [0.15, 0.2) is 0 Å². The maximum absolute atomic E-state index is 14.3. The zero-order chi connectivity index (χ0) is 16.0. The third-order valence-corrected chi connectivity index (χ3v) is 5.29. The number of alkyl halides is 2. The Hall–Kier alpha value is -0.220. The Morgan fingerprint density at radius 3 is 2.09 bits per heavy atom. The second-order valence-corrected chi connectivity index (χ2v) is 7.26. The third kappa shape index (κ3) is 5.45. The van der Waals surface area contributed by atoms with Crippen molar-refractivity contribution in [1.82, 2.24) is 0 Å². The lowest BCUT2D eigenvalue weighted by Gasteiger charge is -2.36. The maximum atomic E-state index is 14.3. The van der Waals surface area contributed by atoms with Crippen LogP contribution in [0.4, 0.5) is 8.78 Å². The van der Waals surface area contributed by atoms with Crippen LogP contribution >= 0.6 is 0 Å². The molecule has 0 atom stereocenters. The SMILES string of the molecule is CCCCOC1CCC(OC(F)(F)C2CCC(C)CC2)CC1. The van der Waals surface area contributed by atoms with Gasteiger partial charge in [-0.25, -0.2) is 0 Å². The number of ether oxygens (including phenoxy) is 2. The molecule has 0 spiro atoms. The van der Waals surface area contributed by atoms with E-state index in [1.54, 1.807) is 0 Å². The first-order chi connectivity index (χ1) is 10.5. The summed E-state index contributed by atoms with van der Waals surface area (Å²) >= 11 is 0. The number of halogens is 2. The molecule has 2 fully saturated rings. The molecule has 0 amide bonds. The quantitative estimate of drug-likeness (QED) is 0.573. The van der Waals surface area contributed by atoms with Crippen molar-refractivity contribution in [1.29, 1.82) is 0 Å². The number of unbranched alkanes of at least 4 members (excludes halogenated alkanes) is 1. The second-order valence-electron chi connectivity index (χ2n) is 7.26. The van der Waals surface area contributed by atoms with Gasteiger partial charge in [-0.05, 0) is 50.9 Å². The van der Waals surface area contributed by atoms with Crippen LogP contribution in [-0.4, -0.2) is 24.9 Å². The van der Waals surface area contributed by atoms with E-state index in [9.17, 15) is 8.78 Å². The lowest BCUT2D eigenvalue weighted by molar-refractivity contribution is -0.302. The van der Waals surface area contributed by atoms with Crippen LogP contribution < -0.4 is 0 Å². The lowest BCUT2D eigenvalue weighted by Crippen LogP contribution is -2.39. The van der Waals surface area contributed by atoms with Crippen molar-refractivity contribution in [3.05, 3.63) is 0 Å². The molecule has 0 aromatic rings. The minimum atomic E-state index is -2.94. The van der Waals surface area contributed by atoms with Crippen LogP contribution in [0, 0.1) is 11.8 Å². The van der Waals surface area contributed by atoms with Crippen LogP contribution in [0.1, 0.15) is 78.1 Å². The van der Waals surface area contributed by atoms with Gasteiger partial charge in [-0.3, -0.25) is 0 Å². The molecule has 0 N–H and O–H groups in total. The van der Waals surface area contributed by atoms with Crippen LogP contribution in [-0.2, 0) is 9.47 Å². The highest BCUT2D eigenvalue weighted by molar-refractivity contribution is 4.79. The molecule has 0 saturated heterocycles. The number of rotatable bonds is 7. The predicted octanol–water partition coefficient (Wildman–Crippen LogP) is 5.55. The van der Waals surface area contributed by atoms with Crippen LogP contribution in [0.3, 0.4) is 0 Å². The fourth-order valence-corrected chi connectivity index (χ4v) is 3.63. The topological polar surface area (TPSA) is 18.5 Å². The summed E-state index contributed by atoms with van der Waals surface area (Å²) in [5, 5.41) is 0. The van der Waals surface area contributed by atoms with Crippen molar-refractivity contribution in [2.24, 2.45) is 11.8 Å². The highest BCUT2D eigenvalue weighted by Gasteiger charge is 2.44. The summed E-state index contributed by atoms with van der Waals surface area (Å²) in [7, 11) is 0. The maximum Gasteiger partial charge on any atom is 0.358 e. The third-order valence-electron chi connectivity index (χ3n) is 5.29. The monoisotopic (exact) mass is 318 g/mol. The van der Waals surface area contributed by atoms with Gasteiger partial charge in [0.1, 0.15) is 0 Å². The van der Waals surface area contributed by atoms with E-state index in [1.165, 1.54) is 0 Å². The minimum Gasteiger partial charge on any atom is -0.378 e. The van der Waals surface area contributed by atoms with Gasteiger partial charge in [-0.15, -0.1) is 0 Å². The predicted molar refractivity (Wildman–Crippen MR) is 84.1 cm³/mol. The molecule has 0 heterocycles. The Labute approximate surface area is 133 Å². The van der Waals surface area contributed by atoms with Gasteiger partial charge >= 0.3 is 6.11 Å². The van der Waals surface area contributed by atoms with Crippen LogP contribution in [0.2, 0.25) is 0 Å². The van der Waals surface area contributed by atoms with E-state index in [1.807, 2.05) is 0 Å². The molecule has 4 heteroatoms. The standard InChI is InChI=1S/C18H32F2O2/c1-3-4-13-21-16-9-11-17(12-10-16)22-18(19,20)15-7-5-14(2)6-8-15/h14-17H,3-13H2,1-2H3. The molecule has 0 radical (unpaired) electrons. The van der Waals surface area contributed by atoms with Crippen molar-refractivity contribution >= 4 is 0 Å². The van der Waals surface area contributed by atoms with E-state index in [-0.39, 0.29) is 12.2 Å². The highest BCUT2D eigenvalue weighted by Crippen LogP contribution is 2.41. The number of hydrogen-bond donors (Lipinski definition) is 0. The largest absolute Gasteiger partial charge is 0.378 e. The summed E-state index contributed by atoms with van der Waals surface area (Å²) in [6, 6.07) is 0. The Kier molecular flexibility index (Phi) is 7.07. The Balaban J connectivity index is 1.70. The summed E-state index contributed by atoms with van der Waals surface area (Å²) in [6.07, 6.45) is 5.34. The average Bonchev–Trinajstić information content (AvgIpc) is 2.49. The summed E-state index contributed by atoms with van der Waals surface area (Å²) in [6.45, 7) is 5.08. The van der Waals surface area contributed by atoms with Gasteiger partial charge in [0.15, 0.2) is 0 Å². The molecule has 130 valence electrons. The molecule has 2 nitrogen and oxygen atoms in total. The summed E-state index contributed by atoms with van der Waals surface area (Å²) in [5.41, 5.74) is 0. The van der Waals surface area contributed by atoms with Gasteiger partial charge < -0.3 is 9.47 Å². The second kappa shape index (κ2) is 8.58. The van der Waals surface area contributed by atoms with Gasteiger partial charge in [0.05, 0.1) is 18.1 Å². The fraction of sp³-hybridized carbons (Fsp3) is 1.00. The van der Waals surface area contributed by atoms with Crippen molar-refractivity contribution in [3.63, 3.8) is 0 Å². The smallest absolute Gasteiger partial charge is 0.358 e. The molecule has 0 aromatic heterocycles. The molecule has 0 aliphatic heterocycles. The van der Waals surface area contributed by atoms with Crippen molar-refractivity contribution in [3.8, 4) is 0 Å². The molecule has 0 unspecified atom stereocenters. The Morgan fingerprint density at radius 1 is 0.909 bits per heavy atom. The van der Waals surface area contributed by atoms with E-state index in [2.05, 4.69) is 13.8 Å². The summed E-state index contributed by atoms with van der Waals surface area (Å²) in [5.74, 6) is 0.00462. The van der Waals surface area contributed by atoms with E-state index >= 15 is 0 Å². The highest BCUT2D eigenvalue weighted by atomic mass is 19.3. The van der Waals surface area contributed by atoms with Gasteiger partial charge in [-0.2, -0.15) is 8.78 Å². The molecule has 0 aromatic carbocycles. The van der Waals surface area contributed by atoms with E-state index in [4.69, 9.17) is 9.47 Å². The summed E-state index contributed by atoms with van der Waals surface area (Å²) in [4.78, 5) is 0. The Bertz CT molecular complexity index is 306. The minimum absolute atomic E-state index is 0.246. The zero-order valence-corrected chi connectivity index (χ0v) is 14.2. The van der Waals surface area contributed by atoms with Gasteiger partial charge in [0.2, 0.25) is 0 Å². The fourth-order valence-electron chi connectivity index (χ4n) is 3.63. The van der Waals surface area contributed by atoms with Crippen LogP contribution in [0.5, 0.6) is 0 Å². The van der Waals surface area contributed by atoms with Crippen molar-refractivity contribution < 1.29 is 18.3 Å². The molecule has 22 heavy (non-hydrogen) atoms. The van der Waals surface area contributed by atoms with Gasteiger partial charge in [0, 0.05) is 6.61 Å². The van der Waals surface area contributed by atoms with Gasteiger partial charge in [-0.1, -0.05) is 33.1 Å². The molecule has 2 saturated carbocycles. The van der Waals surface area contributed by atoms with Crippen molar-refractivity contribution in [2.45, 2.75) is 96.4 Å². The van der Waals surface area contributed by atoms with E-state index in [0.29, 0.717) is 31.6 Å². The normalized spacial score (nSPS) is 33.8. The van der Waals surface area contributed by atoms with E-state index in [0.717, 1.165) is 45.1 Å². The molecule has 0 bridgehead atoms. The first-order valence-corrected chi connectivity index (χ1v) is 9.18. The molecule has 2 rings (SSSR count). The molecular weight excluding hydrogens is 286 g/mol. The molecule has 2 aliphatic carbocycles.